The van der Waals surface area contributed by atoms with E-state index in [1.165, 1.54) is 12.4 Å². The number of benzene rings is 2. The van der Waals surface area contributed by atoms with Crippen molar-refractivity contribution < 1.29 is 38.7 Å². The third-order valence-corrected chi connectivity index (χ3v) is 12.9. The predicted molar refractivity (Wildman–Crippen MR) is 239 cm³/mol. The van der Waals surface area contributed by atoms with E-state index in [0.29, 0.717) is 99.2 Å². The highest BCUT2D eigenvalue weighted by Gasteiger charge is 2.48. The molecule has 64 heavy (non-hydrogen) atoms. The molecule has 18 heteroatoms. The van der Waals surface area contributed by atoms with E-state index in [1.54, 1.807) is 73.6 Å². The number of rotatable bonds is 8. The van der Waals surface area contributed by atoms with E-state index in [9.17, 15) is 19.8 Å². The van der Waals surface area contributed by atoms with Gasteiger partial charge in [-0.05, 0) is 65.8 Å². The average Bonchev–Trinajstić information content (AvgIpc) is 4.06. The van der Waals surface area contributed by atoms with Gasteiger partial charge < -0.3 is 49.6 Å². The molecule has 2 atom stereocenters. The Bertz CT molecular complexity index is 2540. The molecule has 0 saturated carbocycles. The predicted octanol–water partition coefficient (Wildman–Crippen LogP) is 4.57. The second-order valence-corrected chi connectivity index (χ2v) is 18.1. The molecule has 2 saturated heterocycles. The number of hydrogen-bond donors (Lipinski definition) is 4. The quantitative estimate of drug-likeness (QED) is 0.166. The number of aromatic nitrogens is 6. The number of nitrogens with zero attached hydrogens (tertiary/aromatic N) is 8. The van der Waals surface area contributed by atoms with Gasteiger partial charge in [0.2, 0.25) is 0 Å². The Balaban J connectivity index is 0.000000162. The Morgan fingerprint density at radius 2 is 1.03 bits per heavy atom. The van der Waals surface area contributed by atoms with E-state index in [-0.39, 0.29) is 11.8 Å². The van der Waals surface area contributed by atoms with Gasteiger partial charge in [-0.15, -0.1) is 0 Å². The van der Waals surface area contributed by atoms with E-state index in [2.05, 4.69) is 40.6 Å². The van der Waals surface area contributed by atoms with Gasteiger partial charge in [0.05, 0.1) is 72.8 Å². The second-order valence-electron chi connectivity index (χ2n) is 18.1. The Kier molecular flexibility index (Phi) is 11.0. The molecule has 0 unspecified atom stereocenters. The lowest BCUT2D eigenvalue weighted by molar-refractivity contribution is -0.0900. The molecule has 0 spiro atoms. The maximum atomic E-state index is 13.2. The first-order chi connectivity index (χ1) is 30.5. The van der Waals surface area contributed by atoms with Crippen molar-refractivity contribution in [3.8, 4) is 11.5 Å². The standard InChI is InChI=1S/2C23H27N5O4/c2*1-22(2,30)23(3)13-15-11-17(18(12-19(15)32-23)27-7-9-31-10-8-27)26-21(29)16-14-25-28-6-4-5-24-20(16)28/h2*4-6,11-12,14,30H,7-10,13H2,1-3H3,(H,26,29)/t2*23-/m10/s1. The minimum absolute atomic E-state index is 0.280. The molecule has 0 radical (unpaired) electrons. The second kappa shape index (κ2) is 16.3. The van der Waals surface area contributed by atoms with Crippen LogP contribution >= 0.6 is 0 Å². The fourth-order valence-electron chi connectivity index (χ4n) is 8.35. The first-order valence-corrected chi connectivity index (χ1v) is 21.5. The van der Waals surface area contributed by atoms with E-state index >= 15 is 0 Å². The number of nitrogens with one attached hydrogen (secondary N) is 2. The molecule has 2 fully saturated rings. The minimum Gasteiger partial charge on any atom is -0.484 e. The largest absolute Gasteiger partial charge is 0.484 e. The van der Waals surface area contributed by atoms with Gasteiger partial charge in [-0.1, -0.05) is 0 Å². The summed E-state index contributed by atoms with van der Waals surface area (Å²) in [5.41, 5.74) is 3.22. The Morgan fingerprint density at radius 3 is 1.41 bits per heavy atom. The third kappa shape index (κ3) is 8.06. The van der Waals surface area contributed by atoms with Crippen molar-refractivity contribution in [2.24, 2.45) is 0 Å². The number of carbonyl (C=O) groups is 2. The lowest BCUT2D eigenvalue weighted by Crippen LogP contribution is -2.51. The van der Waals surface area contributed by atoms with Crippen molar-refractivity contribution in [3.63, 3.8) is 0 Å². The molecular weight excluding hydrogens is 821 g/mol. The smallest absolute Gasteiger partial charge is 0.261 e. The molecule has 8 heterocycles. The zero-order valence-electron chi connectivity index (χ0n) is 36.9. The number of carbonyl (C=O) groups excluding carboxylic acids is 2. The van der Waals surface area contributed by atoms with Crippen molar-refractivity contribution in [1.82, 2.24) is 29.2 Å². The van der Waals surface area contributed by atoms with Crippen molar-refractivity contribution in [1.29, 1.82) is 0 Å². The van der Waals surface area contributed by atoms with Crippen LogP contribution in [0.1, 0.15) is 73.4 Å². The summed E-state index contributed by atoms with van der Waals surface area (Å²) in [5, 5.41) is 35.9. The number of anilines is 4. The Morgan fingerprint density at radius 1 is 0.641 bits per heavy atom. The maximum absolute atomic E-state index is 13.2. The van der Waals surface area contributed by atoms with Gasteiger partial charge in [0, 0.05) is 87.1 Å². The highest BCUT2D eigenvalue weighted by molar-refractivity contribution is 6.10. The van der Waals surface area contributed by atoms with Crippen molar-refractivity contribution in [2.75, 3.05) is 73.0 Å². The van der Waals surface area contributed by atoms with Gasteiger partial charge in [0.1, 0.15) is 33.8 Å². The molecular formula is C46H54N10O8. The molecule has 4 aliphatic heterocycles. The van der Waals surface area contributed by atoms with Crippen LogP contribution < -0.4 is 29.9 Å². The van der Waals surface area contributed by atoms with E-state index in [4.69, 9.17) is 18.9 Å². The fraction of sp³-hybridized carbons (Fsp3) is 0.435. The van der Waals surface area contributed by atoms with Crippen LogP contribution in [0.15, 0.2) is 73.6 Å². The summed E-state index contributed by atoms with van der Waals surface area (Å²) in [6.07, 6.45) is 10.9. The summed E-state index contributed by atoms with van der Waals surface area (Å²) in [4.78, 5) is 39.3. The monoisotopic (exact) mass is 874 g/mol. The van der Waals surface area contributed by atoms with Gasteiger partial charge in [0.25, 0.3) is 11.8 Å². The van der Waals surface area contributed by atoms with Crippen LogP contribution in [0, 0.1) is 0 Å². The fourth-order valence-corrected chi connectivity index (χ4v) is 8.35. The molecule has 0 bridgehead atoms. The van der Waals surface area contributed by atoms with Gasteiger partial charge >= 0.3 is 0 Å². The lowest BCUT2D eigenvalue weighted by Gasteiger charge is -2.36. The molecule has 0 aliphatic carbocycles. The topological polar surface area (TPSA) is 202 Å². The van der Waals surface area contributed by atoms with Crippen LogP contribution in [0.25, 0.3) is 11.3 Å². The van der Waals surface area contributed by atoms with Crippen LogP contribution in [-0.2, 0) is 22.3 Å². The van der Waals surface area contributed by atoms with E-state index in [1.807, 2.05) is 38.1 Å². The highest BCUT2D eigenvalue weighted by atomic mass is 16.5. The summed E-state index contributed by atoms with van der Waals surface area (Å²) in [6, 6.07) is 11.3. The van der Waals surface area contributed by atoms with Crippen LogP contribution in [-0.4, -0.2) is 126 Å². The first-order valence-electron chi connectivity index (χ1n) is 21.5. The Hall–Kier alpha value is -6.34. The molecule has 4 aromatic heterocycles. The molecule has 2 aromatic carbocycles. The molecule has 10 rings (SSSR count). The van der Waals surface area contributed by atoms with Gasteiger partial charge in [-0.25, -0.2) is 19.0 Å². The number of amides is 2. The van der Waals surface area contributed by atoms with Crippen molar-refractivity contribution in [3.05, 3.63) is 95.8 Å². The highest BCUT2D eigenvalue weighted by Crippen LogP contribution is 2.47. The van der Waals surface area contributed by atoms with E-state index in [0.717, 1.165) is 34.0 Å². The summed E-state index contributed by atoms with van der Waals surface area (Å²) in [7, 11) is 0. The Labute approximate surface area is 370 Å². The molecule has 6 aromatic rings. The molecule has 4 N–H and O–H groups in total. The molecule has 2 amide bonds. The number of morpholine rings is 2. The number of fused-ring (bicyclic) bond motifs is 4. The zero-order chi connectivity index (χ0) is 45.0. The minimum atomic E-state index is -1.03. The van der Waals surface area contributed by atoms with Crippen LogP contribution in [0.2, 0.25) is 0 Å². The maximum Gasteiger partial charge on any atom is 0.261 e. The number of ether oxygens (including phenoxy) is 4. The average molecular weight is 875 g/mol. The molecule has 4 aliphatic rings. The van der Waals surface area contributed by atoms with Gasteiger partial charge in [-0.2, -0.15) is 10.2 Å². The summed E-state index contributed by atoms with van der Waals surface area (Å²) >= 11 is 0. The van der Waals surface area contributed by atoms with Crippen molar-refractivity contribution >= 4 is 45.9 Å². The van der Waals surface area contributed by atoms with Gasteiger partial charge in [-0.3, -0.25) is 9.59 Å². The van der Waals surface area contributed by atoms with E-state index < -0.39 is 22.4 Å². The SMILES string of the molecule is CC(C)(O)[C@@]1(C)Cc2cc(NC(=O)c3cnn4cccnc34)c(N3CCOCC3)cc2O1.CC(C)(O)[C@]1(C)Cc2cc(NC(=O)c3cnn4cccnc34)c(N3CCOCC3)cc2O1. The van der Waals surface area contributed by atoms with Gasteiger partial charge in [0.15, 0.2) is 11.3 Å². The third-order valence-electron chi connectivity index (χ3n) is 12.9. The normalized spacial score (nSPS) is 20.8. The van der Waals surface area contributed by atoms with Crippen LogP contribution in [0.5, 0.6) is 11.5 Å². The first kappa shape index (κ1) is 42.9. The van der Waals surface area contributed by atoms with Crippen molar-refractivity contribution in [2.45, 2.75) is 76.8 Å². The summed E-state index contributed by atoms with van der Waals surface area (Å²) < 4.78 is 26.6. The van der Waals surface area contributed by atoms with Crippen LogP contribution in [0.4, 0.5) is 22.7 Å². The number of hydrogen-bond acceptors (Lipinski definition) is 14. The number of aliphatic hydroxyl groups is 2. The molecule has 336 valence electrons. The molecule has 18 nitrogen and oxygen atoms in total. The van der Waals surface area contributed by atoms with Crippen LogP contribution in [0.3, 0.4) is 0 Å². The summed E-state index contributed by atoms with van der Waals surface area (Å²) in [5.74, 6) is 0.896. The zero-order valence-corrected chi connectivity index (χ0v) is 36.9. The lowest BCUT2D eigenvalue weighted by atomic mass is 9.84. The summed E-state index contributed by atoms with van der Waals surface area (Å²) in [6.45, 7) is 16.1.